The molecule has 0 bridgehead atoms. The monoisotopic (exact) mass is 476 g/mol. The van der Waals surface area contributed by atoms with Gasteiger partial charge in [0.15, 0.2) is 5.78 Å². The molecule has 0 aromatic heterocycles. The highest BCUT2D eigenvalue weighted by molar-refractivity contribution is 9.10. The van der Waals surface area contributed by atoms with E-state index in [1.165, 1.54) is 6.92 Å². The standard InChI is InChI=1S/C20H14Br2O4/c1-10(23)20-16(14-9-13(22)7-8-15(14)26-18(20)25)19(20,2)17(24)11-3-5-12(21)6-4-11/h3-9,16H,1-2H3/t16-,19+,20+/m1/s1. The van der Waals surface area contributed by atoms with Crippen molar-refractivity contribution in [3.05, 3.63) is 62.5 Å². The maximum Gasteiger partial charge on any atom is 0.326 e. The van der Waals surface area contributed by atoms with Crippen LogP contribution in [0.15, 0.2) is 51.4 Å². The second kappa shape index (κ2) is 5.60. The van der Waals surface area contributed by atoms with Gasteiger partial charge >= 0.3 is 5.97 Å². The minimum Gasteiger partial charge on any atom is -0.425 e. The number of esters is 1. The number of fused-ring (bicyclic) bond motifs is 3. The van der Waals surface area contributed by atoms with E-state index >= 15 is 0 Å². The average molecular weight is 478 g/mol. The summed E-state index contributed by atoms with van der Waals surface area (Å²) in [5.74, 6) is -1.33. The maximum absolute atomic E-state index is 13.4. The van der Waals surface area contributed by atoms with E-state index in [0.717, 1.165) is 8.95 Å². The number of carbonyl (C=O) groups excluding carboxylic acids is 3. The van der Waals surface area contributed by atoms with Crippen LogP contribution in [0, 0.1) is 10.8 Å². The molecule has 26 heavy (non-hydrogen) atoms. The number of rotatable bonds is 3. The van der Waals surface area contributed by atoms with Crippen LogP contribution in [0.3, 0.4) is 0 Å². The minimum absolute atomic E-state index is 0.227. The van der Waals surface area contributed by atoms with Crippen molar-refractivity contribution in [1.29, 1.82) is 0 Å². The number of hydrogen-bond acceptors (Lipinski definition) is 4. The number of ketones is 2. The van der Waals surface area contributed by atoms with Crippen LogP contribution in [0.1, 0.15) is 35.7 Å². The lowest BCUT2D eigenvalue weighted by atomic mass is 9.85. The van der Waals surface area contributed by atoms with Crippen LogP contribution < -0.4 is 4.74 Å². The highest BCUT2D eigenvalue weighted by Crippen LogP contribution is 2.78. The largest absolute Gasteiger partial charge is 0.425 e. The highest BCUT2D eigenvalue weighted by atomic mass is 79.9. The van der Waals surface area contributed by atoms with Crippen LogP contribution >= 0.6 is 31.9 Å². The summed E-state index contributed by atoms with van der Waals surface area (Å²) in [6.45, 7) is 3.05. The molecular formula is C20H14Br2O4. The molecule has 2 aromatic carbocycles. The van der Waals surface area contributed by atoms with E-state index in [2.05, 4.69) is 31.9 Å². The lowest BCUT2D eigenvalue weighted by Crippen LogP contribution is -2.37. The predicted octanol–water partition coefficient (Wildman–Crippen LogP) is 4.69. The predicted molar refractivity (Wildman–Crippen MR) is 102 cm³/mol. The van der Waals surface area contributed by atoms with Gasteiger partial charge in [-0.05, 0) is 37.3 Å². The Labute approximate surface area is 167 Å². The molecular weight excluding hydrogens is 464 g/mol. The van der Waals surface area contributed by atoms with Crippen molar-refractivity contribution in [1.82, 2.24) is 0 Å². The summed E-state index contributed by atoms with van der Waals surface area (Å²) >= 11 is 6.77. The fraction of sp³-hybridized carbons (Fsp3) is 0.250. The molecule has 0 spiro atoms. The second-order valence-electron chi connectivity index (χ2n) is 6.91. The Morgan fingerprint density at radius 2 is 1.65 bits per heavy atom. The molecule has 1 saturated carbocycles. The normalized spacial score (nSPS) is 28.6. The molecule has 4 rings (SSSR count). The Morgan fingerprint density at radius 1 is 1.04 bits per heavy atom. The third-order valence-corrected chi connectivity index (χ3v) is 6.71. The van der Waals surface area contributed by atoms with Gasteiger partial charge in [-0.15, -0.1) is 0 Å². The average Bonchev–Trinajstić information content (AvgIpc) is 3.20. The smallest absolute Gasteiger partial charge is 0.326 e. The van der Waals surface area contributed by atoms with Crippen molar-refractivity contribution in [3.63, 3.8) is 0 Å². The molecule has 132 valence electrons. The first-order valence-corrected chi connectivity index (χ1v) is 9.66. The van der Waals surface area contributed by atoms with Crippen molar-refractivity contribution in [2.24, 2.45) is 10.8 Å². The van der Waals surface area contributed by atoms with Gasteiger partial charge in [0.1, 0.15) is 16.9 Å². The maximum atomic E-state index is 13.4. The Balaban J connectivity index is 1.91. The molecule has 4 nitrogen and oxygen atoms in total. The molecule has 1 aliphatic carbocycles. The number of benzene rings is 2. The molecule has 6 heteroatoms. The molecule has 2 aliphatic rings. The van der Waals surface area contributed by atoms with Gasteiger partial charge in [0.2, 0.25) is 0 Å². The summed E-state index contributed by atoms with van der Waals surface area (Å²) in [6, 6.07) is 12.2. The topological polar surface area (TPSA) is 60.4 Å². The van der Waals surface area contributed by atoms with Crippen molar-refractivity contribution in [2.45, 2.75) is 19.8 Å². The molecule has 0 saturated heterocycles. The Morgan fingerprint density at radius 3 is 2.27 bits per heavy atom. The van der Waals surface area contributed by atoms with E-state index in [9.17, 15) is 14.4 Å². The van der Waals surface area contributed by atoms with Crippen molar-refractivity contribution in [3.8, 4) is 5.75 Å². The van der Waals surface area contributed by atoms with E-state index in [-0.39, 0.29) is 11.6 Å². The second-order valence-corrected chi connectivity index (χ2v) is 8.74. The first-order valence-electron chi connectivity index (χ1n) is 8.07. The SMILES string of the molecule is CC(=O)[C@@]12C(=O)Oc3ccc(Br)cc3[C@@H]1[C@@]2(C)C(=O)c1ccc(Br)cc1. The van der Waals surface area contributed by atoms with Gasteiger partial charge in [-0.25, -0.2) is 0 Å². The zero-order valence-electron chi connectivity index (χ0n) is 14.0. The molecule has 1 fully saturated rings. The van der Waals surface area contributed by atoms with Crippen LogP contribution in [0.4, 0.5) is 0 Å². The number of ether oxygens (including phenoxy) is 1. The molecule has 0 amide bonds. The third kappa shape index (κ3) is 2.03. The van der Waals surface area contributed by atoms with Crippen LogP contribution in [-0.4, -0.2) is 17.5 Å². The van der Waals surface area contributed by atoms with Crippen LogP contribution in [0.2, 0.25) is 0 Å². The molecule has 2 aromatic rings. The Kier molecular flexibility index (Phi) is 3.80. The van der Waals surface area contributed by atoms with Gasteiger partial charge in [-0.1, -0.05) is 50.9 Å². The van der Waals surface area contributed by atoms with E-state index in [4.69, 9.17) is 4.74 Å². The van der Waals surface area contributed by atoms with Gasteiger partial charge < -0.3 is 4.74 Å². The molecule has 1 heterocycles. The third-order valence-electron chi connectivity index (χ3n) is 5.69. The van der Waals surface area contributed by atoms with Gasteiger partial charge in [0.25, 0.3) is 0 Å². The first kappa shape index (κ1) is 17.6. The van der Waals surface area contributed by atoms with E-state index in [0.29, 0.717) is 16.9 Å². The van der Waals surface area contributed by atoms with Gasteiger partial charge in [-0.2, -0.15) is 0 Å². The summed E-state index contributed by atoms with van der Waals surface area (Å²) in [5.41, 5.74) is -1.46. The summed E-state index contributed by atoms with van der Waals surface area (Å²) in [7, 11) is 0. The Bertz CT molecular complexity index is 982. The van der Waals surface area contributed by atoms with Crippen molar-refractivity contribution < 1.29 is 19.1 Å². The fourth-order valence-electron chi connectivity index (χ4n) is 4.44. The van der Waals surface area contributed by atoms with Crippen molar-refractivity contribution >= 4 is 49.4 Å². The molecule has 3 atom stereocenters. The summed E-state index contributed by atoms with van der Waals surface area (Å²) in [6.07, 6.45) is 0. The first-order chi connectivity index (χ1) is 12.2. The number of halogens is 2. The van der Waals surface area contributed by atoms with Gasteiger partial charge in [-0.3, -0.25) is 14.4 Å². The highest BCUT2D eigenvalue weighted by Gasteiger charge is 2.86. The lowest BCUT2D eigenvalue weighted by molar-refractivity contribution is -0.147. The lowest BCUT2D eigenvalue weighted by Gasteiger charge is -2.21. The summed E-state index contributed by atoms with van der Waals surface area (Å²) in [5, 5.41) is 0. The molecule has 0 N–H and O–H groups in total. The van der Waals surface area contributed by atoms with E-state index in [1.54, 1.807) is 43.3 Å². The van der Waals surface area contributed by atoms with Crippen LogP contribution in [0.25, 0.3) is 0 Å². The molecule has 0 unspecified atom stereocenters. The number of carbonyl (C=O) groups is 3. The number of Topliss-reactive ketones (excluding diaryl/α,β-unsaturated/α-hetero) is 2. The fourth-order valence-corrected chi connectivity index (χ4v) is 5.08. The molecule has 1 aliphatic heterocycles. The van der Waals surface area contributed by atoms with E-state index in [1.807, 2.05) is 6.07 Å². The van der Waals surface area contributed by atoms with Gasteiger partial charge in [0, 0.05) is 26.0 Å². The summed E-state index contributed by atoms with van der Waals surface area (Å²) < 4.78 is 7.12. The minimum atomic E-state index is -1.47. The van der Waals surface area contributed by atoms with Crippen LogP contribution in [-0.2, 0) is 9.59 Å². The quantitative estimate of drug-likeness (QED) is 0.278. The summed E-state index contributed by atoms with van der Waals surface area (Å²) in [4.78, 5) is 38.8. The van der Waals surface area contributed by atoms with Gasteiger partial charge in [0.05, 0.1) is 5.41 Å². The molecule has 0 radical (unpaired) electrons. The van der Waals surface area contributed by atoms with Crippen LogP contribution in [0.5, 0.6) is 5.75 Å². The number of hydrogen-bond donors (Lipinski definition) is 0. The zero-order chi connectivity index (χ0) is 18.9. The van der Waals surface area contributed by atoms with E-state index < -0.39 is 22.7 Å². The van der Waals surface area contributed by atoms with Crippen molar-refractivity contribution in [2.75, 3.05) is 0 Å². The Hall–Kier alpha value is -1.79. The zero-order valence-corrected chi connectivity index (χ0v) is 17.2.